The molecule has 1 atom stereocenters. The molecular weight excluding hydrogens is 500 g/mol. The van der Waals surface area contributed by atoms with Gasteiger partial charge < -0.3 is 29.0 Å². The average molecular weight is 537 g/mol. The van der Waals surface area contributed by atoms with Gasteiger partial charge in [0.25, 0.3) is 11.7 Å². The summed E-state index contributed by atoms with van der Waals surface area (Å²) in [5.41, 5.74) is 1.15. The minimum Gasteiger partial charge on any atom is -0.507 e. The summed E-state index contributed by atoms with van der Waals surface area (Å²) in [6, 6.07) is 11.7. The number of morpholine rings is 1. The predicted molar refractivity (Wildman–Crippen MR) is 145 cm³/mol. The van der Waals surface area contributed by atoms with Crippen LogP contribution >= 0.6 is 0 Å². The highest BCUT2D eigenvalue weighted by Crippen LogP contribution is 2.41. The lowest BCUT2D eigenvalue weighted by Gasteiger charge is -2.31. The summed E-state index contributed by atoms with van der Waals surface area (Å²) < 4.78 is 22.7. The van der Waals surface area contributed by atoms with Gasteiger partial charge in [-0.05, 0) is 48.2 Å². The standard InChI is InChI=1S/C30H36N2O7/c1-20(2)8-13-37-23-5-3-4-21(18-23)27-26(28(33)22-6-7-24-25(19-22)39-17-16-38-24)29(34)30(35)32(27)10-9-31-11-14-36-15-12-31/h3-7,18-20,27,33H,8-17H2,1-2H3. The van der Waals surface area contributed by atoms with E-state index in [2.05, 4.69) is 18.7 Å². The molecule has 2 aromatic rings. The Kier molecular flexibility index (Phi) is 8.38. The highest BCUT2D eigenvalue weighted by atomic mass is 16.6. The minimum atomic E-state index is -0.757. The van der Waals surface area contributed by atoms with Crippen molar-refractivity contribution < 1.29 is 33.6 Å². The van der Waals surface area contributed by atoms with Gasteiger partial charge in [0.05, 0.1) is 31.4 Å². The van der Waals surface area contributed by atoms with Gasteiger partial charge in [0, 0.05) is 31.7 Å². The average Bonchev–Trinajstić information content (AvgIpc) is 3.21. The summed E-state index contributed by atoms with van der Waals surface area (Å²) in [4.78, 5) is 30.6. The summed E-state index contributed by atoms with van der Waals surface area (Å²) in [6.07, 6.45) is 0.909. The van der Waals surface area contributed by atoms with Gasteiger partial charge in [-0.1, -0.05) is 26.0 Å². The number of carbonyl (C=O) groups excluding carboxylic acids is 2. The Morgan fingerprint density at radius 1 is 1.00 bits per heavy atom. The molecule has 5 rings (SSSR count). The molecule has 2 aromatic carbocycles. The number of aliphatic hydroxyl groups excluding tert-OH is 1. The van der Waals surface area contributed by atoms with Crippen molar-refractivity contribution in [1.29, 1.82) is 0 Å². The van der Waals surface area contributed by atoms with E-state index >= 15 is 0 Å². The molecule has 0 spiro atoms. The van der Waals surface area contributed by atoms with E-state index in [0.717, 1.165) is 19.5 Å². The van der Waals surface area contributed by atoms with Crippen LogP contribution in [0.2, 0.25) is 0 Å². The molecule has 39 heavy (non-hydrogen) atoms. The van der Waals surface area contributed by atoms with Crippen LogP contribution in [0.15, 0.2) is 48.0 Å². The zero-order valence-electron chi connectivity index (χ0n) is 22.6. The third kappa shape index (κ3) is 6.04. The van der Waals surface area contributed by atoms with Crippen LogP contribution in [-0.2, 0) is 14.3 Å². The number of amides is 1. The Balaban J connectivity index is 1.50. The molecule has 3 aliphatic heterocycles. The summed E-state index contributed by atoms with van der Waals surface area (Å²) in [6.45, 7) is 9.44. The molecule has 0 aromatic heterocycles. The summed E-state index contributed by atoms with van der Waals surface area (Å²) in [5.74, 6) is 0.655. The van der Waals surface area contributed by atoms with Crippen LogP contribution < -0.4 is 14.2 Å². The fourth-order valence-corrected chi connectivity index (χ4v) is 5.06. The molecule has 1 N–H and O–H groups in total. The molecule has 0 radical (unpaired) electrons. The molecule has 3 aliphatic rings. The Labute approximate surface area is 228 Å². The third-order valence-electron chi connectivity index (χ3n) is 7.25. The number of ketones is 1. The normalized spacial score (nSPS) is 21.0. The van der Waals surface area contributed by atoms with E-state index in [9.17, 15) is 14.7 Å². The largest absolute Gasteiger partial charge is 0.507 e. The molecule has 2 fully saturated rings. The third-order valence-corrected chi connectivity index (χ3v) is 7.25. The number of Topliss-reactive ketones (excluding diaryl/α,β-unsaturated/α-hetero) is 1. The monoisotopic (exact) mass is 536 g/mol. The SMILES string of the molecule is CC(C)CCOc1cccc(C2C(=C(O)c3ccc4c(c3)OCCO4)C(=O)C(=O)N2CCN2CCOCC2)c1. The molecule has 0 aliphatic carbocycles. The van der Waals surface area contributed by atoms with Crippen molar-refractivity contribution >= 4 is 17.4 Å². The lowest BCUT2D eigenvalue weighted by molar-refractivity contribution is -0.140. The first-order valence-corrected chi connectivity index (χ1v) is 13.6. The van der Waals surface area contributed by atoms with E-state index in [-0.39, 0.29) is 11.3 Å². The number of aliphatic hydroxyl groups is 1. The Morgan fingerprint density at radius 2 is 1.77 bits per heavy atom. The first kappa shape index (κ1) is 27.0. The predicted octanol–water partition coefficient (Wildman–Crippen LogP) is 3.64. The van der Waals surface area contributed by atoms with E-state index in [1.807, 2.05) is 24.3 Å². The van der Waals surface area contributed by atoms with Gasteiger partial charge in [-0.25, -0.2) is 0 Å². The number of ether oxygens (including phenoxy) is 4. The van der Waals surface area contributed by atoms with Crippen LogP contribution in [-0.4, -0.2) is 85.8 Å². The van der Waals surface area contributed by atoms with Crippen molar-refractivity contribution in [1.82, 2.24) is 9.80 Å². The van der Waals surface area contributed by atoms with Crippen molar-refractivity contribution in [2.75, 3.05) is 59.2 Å². The van der Waals surface area contributed by atoms with Crippen LogP contribution in [0.3, 0.4) is 0 Å². The van der Waals surface area contributed by atoms with Crippen molar-refractivity contribution in [3.8, 4) is 17.2 Å². The van der Waals surface area contributed by atoms with Crippen molar-refractivity contribution in [2.45, 2.75) is 26.3 Å². The van der Waals surface area contributed by atoms with Gasteiger partial charge in [0.1, 0.15) is 24.7 Å². The zero-order chi connectivity index (χ0) is 27.4. The van der Waals surface area contributed by atoms with Crippen LogP contribution in [0.1, 0.15) is 37.4 Å². The number of hydrogen-bond donors (Lipinski definition) is 1. The number of hydrogen-bond acceptors (Lipinski definition) is 8. The molecule has 9 heteroatoms. The second-order valence-corrected chi connectivity index (χ2v) is 10.4. The Morgan fingerprint density at radius 3 is 2.54 bits per heavy atom. The molecule has 9 nitrogen and oxygen atoms in total. The lowest BCUT2D eigenvalue weighted by atomic mass is 9.95. The van der Waals surface area contributed by atoms with Crippen molar-refractivity contribution in [2.24, 2.45) is 5.92 Å². The maximum Gasteiger partial charge on any atom is 0.295 e. The highest BCUT2D eigenvalue weighted by molar-refractivity contribution is 6.46. The molecule has 1 unspecified atom stereocenters. The highest BCUT2D eigenvalue weighted by Gasteiger charge is 2.46. The van der Waals surface area contributed by atoms with Crippen LogP contribution in [0.4, 0.5) is 0 Å². The van der Waals surface area contributed by atoms with Crippen molar-refractivity contribution in [3.05, 3.63) is 59.2 Å². The van der Waals surface area contributed by atoms with E-state index in [1.54, 1.807) is 23.1 Å². The number of nitrogens with zero attached hydrogens (tertiary/aromatic N) is 2. The maximum absolute atomic E-state index is 13.5. The quantitative estimate of drug-likeness (QED) is 0.295. The van der Waals surface area contributed by atoms with Gasteiger partial charge in [-0.3, -0.25) is 14.5 Å². The smallest absolute Gasteiger partial charge is 0.295 e. The van der Waals surface area contributed by atoms with Gasteiger partial charge in [0.2, 0.25) is 0 Å². The van der Waals surface area contributed by atoms with Crippen LogP contribution in [0, 0.1) is 5.92 Å². The van der Waals surface area contributed by atoms with Crippen molar-refractivity contribution in [3.63, 3.8) is 0 Å². The van der Waals surface area contributed by atoms with E-state index < -0.39 is 17.7 Å². The Hall–Kier alpha value is -3.56. The van der Waals surface area contributed by atoms with Gasteiger partial charge >= 0.3 is 0 Å². The van der Waals surface area contributed by atoms with Gasteiger partial charge in [-0.2, -0.15) is 0 Å². The first-order chi connectivity index (χ1) is 18.9. The van der Waals surface area contributed by atoms with Crippen LogP contribution in [0.5, 0.6) is 17.2 Å². The van der Waals surface area contributed by atoms with E-state index in [4.69, 9.17) is 18.9 Å². The second kappa shape index (κ2) is 12.1. The topological polar surface area (TPSA) is 97.8 Å². The minimum absolute atomic E-state index is 0.0537. The number of rotatable bonds is 9. The molecule has 1 amide bonds. The summed E-state index contributed by atoms with van der Waals surface area (Å²) >= 11 is 0. The molecule has 2 saturated heterocycles. The number of fused-ring (bicyclic) bond motifs is 1. The fourth-order valence-electron chi connectivity index (χ4n) is 5.06. The van der Waals surface area contributed by atoms with E-state index in [0.29, 0.717) is 80.4 Å². The molecule has 0 saturated carbocycles. The Bertz CT molecular complexity index is 1240. The number of benzene rings is 2. The summed E-state index contributed by atoms with van der Waals surface area (Å²) in [7, 11) is 0. The summed E-state index contributed by atoms with van der Waals surface area (Å²) in [5, 5.41) is 11.5. The lowest BCUT2D eigenvalue weighted by Crippen LogP contribution is -2.42. The molecule has 3 heterocycles. The number of likely N-dealkylation sites (tertiary alicyclic amines) is 1. The maximum atomic E-state index is 13.5. The number of carbonyl (C=O) groups is 2. The van der Waals surface area contributed by atoms with Gasteiger partial charge in [-0.15, -0.1) is 0 Å². The van der Waals surface area contributed by atoms with Gasteiger partial charge in [0.15, 0.2) is 11.5 Å². The zero-order valence-corrected chi connectivity index (χ0v) is 22.6. The second-order valence-electron chi connectivity index (χ2n) is 10.4. The molecular formula is C30H36N2O7. The fraction of sp³-hybridized carbons (Fsp3) is 0.467. The van der Waals surface area contributed by atoms with Crippen LogP contribution in [0.25, 0.3) is 5.76 Å². The molecule has 0 bridgehead atoms. The molecule has 208 valence electrons. The first-order valence-electron chi connectivity index (χ1n) is 13.6. The van der Waals surface area contributed by atoms with E-state index in [1.165, 1.54) is 0 Å².